The van der Waals surface area contributed by atoms with Crippen molar-refractivity contribution in [1.82, 2.24) is 14.9 Å². The Bertz CT molecular complexity index is 1420. The molecule has 1 atom stereocenters. The number of anilines is 1. The number of nitrogens with zero attached hydrogens (tertiary/aromatic N) is 6. The van der Waals surface area contributed by atoms with Crippen LogP contribution in [0.5, 0.6) is 0 Å². The van der Waals surface area contributed by atoms with E-state index in [2.05, 4.69) is 19.8 Å². The van der Waals surface area contributed by atoms with Crippen molar-refractivity contribution in [2.45, 2.75) is 12.5 Å². The number of nitro groups is 2. The largest absolute Gasteiger partial charge is 0.379 e. The fourth-order valence-electron chi connectivity index (χ4n) is 4.30. The van der Waals surface area contributed by atoms with E-state index in [4.69, 9.17) is 16.3 Å². The van der Waals surface area contributed by atoms with Gasteiger partial charge in [0.2, 0.25) is 0 Å². The van der Waals surface area contributed by atoms with Crippen LogP contribution < -0.4 is 4.90 Å². The summed E-state index contributed by atoms with van der Waals surface area (Å²) >= 11 is 8.43. The zero-order valence-corrected chi connectivity index (χ0v) is 21.3. The quantitative estimate of drug-likeness (QED) is 0.256. The molecule has 2 aliphatic rings. The van der Waals surface area contributed by atoms with Gasteiger partial charge in [0.15, 0.2) is 9.60 Å². The van der Waals surface area contributed by atoms with Crippen molar-refractivity contribution in [3.8, 4) is 0 Å². The van der Waals surface area contributed by atoms with Crippen LogP contribution in [0.2, 0.25) is 4.47 Å². The summed E-state index contributed by atoms with van der Waals surface area (Å²) in [7, 11) is 0. The van der Waals surface area contributed by atoms with E-state index in [0.717, 1.165) is 65.9 Å². The molecule has 36 heavy (non-hydrogen) atoms. The van der Waals surface area contributed by atoms with Crippen LogP contribution in [0.3, 0.4) is 0 Å². The maximum atomic E-state index is 10.9. The van der Waals surface area contributed by atoms with Crippen molar-refractivity contribution in [2.24, 2.45) is 0 Å². The summed E-state index contributed by atoms with van der Waals surface area (Å²) in [5.41, 5.74) is 1.72. The highest BCUT2D eigenvalue weighted by Crippen LogP contribution is 2.33. The fraction of sp³-hybridized carbons (Fsp3) is 0.364. The number of ether oxygens (including phenoxy) is 1. The van der Waals surface area contributed by atoms with E-state index >= 15 is 0 Å². The van der Waals surface area contributed by atoms with E-state index in [9.17, 15) is 20.2 Å². The molecule has 11 nitrogen and oxygen atoms in total. The minimum absolute atomic E-state index is 0.0628. The predicted octanol–water partition coefficient (Wildman–Crippen LogP) is 4.97. The highest BCUT2D eigenvalue weighted by molar-refractivity contribution is 7.22. The van der Waals surface area contributed by atoms with Gasteiger partial charge in [-0.25, -0.2) is 9.97 Å². The van der Waals surface area contributed by atoms with Gasteiger partial charge in [-0.1, -0.05) is 22.9 Å². The van der Waals surface area contributed by atoms with Crippen molar-refractivity contribution in [3.63, 3.8) is 0 Å². The predicted molar refractivity (Wildman–Crippen MR) is 141 cm³/mol. The lowest BCUT2D eigenvalue weighted by Gasteiger charge is -2.32. The Morgan fingerprint density at radius 3 is 2.17 bits per heavy atom. The Balaban J connectivity index is 0.000000174. The molecule has 0 bridgehead atoms. The van der Waals surface area contributed by atoms with Gasteiger partial charge in [0, 0.05) is 56.5 Å². The third-order valence-corrected chi connectivity index (χ3v) is 8.33. The minimum atomic E-state index is -0.437. The molecule has 0 N–H and O–H groups in total. The average Bonchev–Trinajstić information content (AvgIpc) is 3.61. The van der Waals surface area contributed by atoms with Crippen molar-refractivity contribution >= 4 is 71.2 Å². The van der Waals surface area contributed by atoms with Gasteiger partial charge in [0.25, 0.3) is 11.4 Å². The number of fused-ring (bicyclic) bond motifs is 2. The lowest BCUT2D eigenvalue weighted by Crippen LogP contribution is -2.44. The second-order valence-corrected chi connectivity index (χ2v) is 10.9. The van der Waals surface area contributed by atoms with Crippen LogP contribution in [0.4, 0.5) is 16.5 Å². The van der Waals surface area contributed by atoms with Gasteiger partial charge in [-0.05, 0) is 18.6 Å². The van der Waals surface area contributed by atoms with Crippen LogP contribution >= 0.6 is 34.3 Å². The maximum absolute atomic E-state index is 10.9. The summed E-state index contributed by atoms with van der Waals surface area (Å²) in [6.45, 7) is 5.61. The molecule has 0 amide bonds. The highest BCUT2D eigenvalue weighted by atomic mass is 35.5. The first kappa shape index (κ1) is 24.7. The Morgan fingerprint density at radius 2 is 1.53 bits per heavy atom. The molecule has 4 heterocycles. The molecule has 6 rings (SSSR count). The zero-order chi connectivity index (χ0) is 25.2. The number of hydrogen-bond donors (Lipinski definition) is 0. The Morgan fingerprint density at radius 1 is 0.917 bits per heavy atom. The third-order valence-electron chi connectivity index (χ3n) is 6.12. The lowest BCUT2D eigenvalue weighted by atomic mass is 10.2. The average molecular weight is 549 g/mol. The molecule has 2 aromatic carbocycles. The monoisotopic (exact) mass is 548 g/mol. The summed E-state index contributed by atoms with van der Waals surface area (Å²) in [5.74, 6) is 0. The number of thiazole rings is 2. The molecule has 2 aliphatic heterocycles. The molecule has 188 valence electrons. The normalized spacial score (nSPS) is 18.4. The van der Waals surface area contributed by atoms with E-state index < -0.39 is 4.92 Å². The first-order chi connectivity index (χ1) is 17.4. The fourth-order valence-corrected chi connectivity index (χ4v) is 6.40. The van der Waals surface area contributed by atoms with Crippen LogP contribution in [0.15, 0.2) is 36.4 Å². The number of halogens is 1. The van der Waals surface area contributed by atoms with Crippen LogP contribution in [-0.4, -0.2) is 70.1 Å². The second-order valence-electron chi connectivity index (χ2n) is 8.32. The number of aromatic nitrogens is 2. The molecule has 0 radical (unpaired) electrons. The summed E-state index contributed by atoms with van der Waals surface area (Å²) in [5, 5.41) is 22.3. The highest BCUT2D eigenvalue weighted by Gasteiger charge is 2.30. The van der Waals surface area contributed by atoms with E-state index in [1.165, 1.54) is 29.5 Å². The first-order valence-corrected chi connectivity index (χ1v) is 13.2. The summed E-state index contributed by atoms with van der Waals surface area (Å²) < 4.78 is 7.43. The number of morpholine rings is 1. The van der Waals surface area contributed by atoms with Crippen LogP contribution in [0.25, 0.3) is 20.4 Å². The Labute approximate surface area is 218 Å². The standard InChI is InChI=1S/C15H18N4O3S.C7H3ClN2O2S/c20-19(21)11-1-2-13-14(9-11)23-15(16-13)18-4-3-12(10-18)17-5-7-22-8-6-17;8-7-9-5-2-1-4(10(11)12)3-6(5)13-7/h1-2,9,12H,3-8,10H2;1-3H/t12-;/m0./s1. The van der Waals surface area contributed by atoms with Crippen molar-refractivity contribution in [2.75, 3.05) is 44.3 Å². The molecule has 2 fully saturated rings. The molecule has 2 aromatic heterocycles. The second kappa shape index (κ2) is 10.6. The molecule has 0 aliphatic carbocycles. The van der Waals surface area contributed by atoms with Crippen molar-refractivity contribution in [3.05, 3.63) is 61.1 Å². The van der Waals surface area contributed by atoms with E-state index in [1.54, 1.807) is 29.5 Å². The number of non-ortho nitro benzene ring substituents is 2. The molecule has 0 unspecified atom stereocenters. The number of nitro benzene ring substituents is 2. The summed E-state index contributed by atoms with van der Waals surface area (Å²) in [6, 6.07) is 9.91. The van der Waals surface area contributed by atoms with E-state index in [0.29, 0.717) is 16.0 Å². The van der Waals surface area contributed by atoms with Crippen molar-refractivity contribution in [1.29, 1.82) is 0 Å². The van der Waals surface area contributed by atoms with Gasteiger partial charge in [-0.3, -0.25) is 25.1 Å². The molecule has 0 spiro atoms. The molecular weight excluding hydrogens is 528 g/mol. The Hall–Kier alpha value is -2.97. The molecule has 2 saturated heterocycles. The van der Waals surface area contributed by atoms with Gasteiger partial charge in [0.05, 0.1) is 43.5 Å². The zero-order valence-electron chi connectivity index (χ0n) is 18.9. The number of benzene rings is 2. The smallest absolute Gasteiger partial charge is 0.270 e. The van der Waals surface area contributed by atoms with Gasteiger partial charge >= 0.3 is 0 Å². The molecular formula is C22H21ClN6O5S2. The van der Waals surface area contributed by atoms with Crippen LogP contribution in [0.1, 0.15) is 6.42 Å². The maximum Gasteiger partial charge on any atom is 0.270 e. The number of rotatable bonds is 4. The molecule has 0 saturated carbocycles. The van der Waals surface area contributed by atoms with Gasteiger partial charge in [0.1, 0.15) is 0 Å². The van der Waals surface area contributed by atoms with Gasteiger partial charge in [-0.15, -0.1) is 11.3 Å². The Kier molecular flexibility index (Phi) is 7.25. The molecule has 4 aromatic rings. The lowest BCUT2D eigenvalue weighted by molar-refractivity contribution is -0.384. The minimum Gasteiger partial charge on any atom is -0.379 e. The van der Waals surface area contributed by atoms with Crippen LogP contribution in [0, 0.1) is 20.2 Å². The van der Waals surface area contributed by atoms with Crippen molar-refractivity contribution < 1.29 is 14.6 Å². The topological polar surface area (TPSA) is 128 Å². The van der Waals surface area contributed by atoms with Gasteiger partial charge < -0.3 is 9.64 Å². The van der Waals surface area contributed by atoms with Gasteiger partial charge in [-0.2, -0.15) is 0 Å². The van der Waals surface area contributed by atoms with E-state index in [-0.39, 0.29) is 16.3 Å². The summed E-state index contributed by atoms with van der Waals surface area (Å²) in [6.07, 6.45) is 1.13. The third kappa shape index (κ3) is 5.39. The van der Waals surface area contributed by atoms with Crippen LogP contribution in [-0.2, 0) is 4.74 Å². The SMILES string of the molecule is O=[N+]([O-])c1ccc2nc(Cl)sc2c1.O=[N+]([O-])c1ccc2nc(N3CC[C@H](N4CCOCC4)C3)sc2c1. The summed E-state index contributed by atoms with van der Waals surface area (Å²) in [4.78, 5) is 33.9. The van der Waals surface area contributed by atoms with E-state index in [1.807, 2.05) is 0 Å². The first-order valence-electron chi connectivity index (χ1n) is 11.2. The molecule has 14 heteroatoms. The number of hydrogen-bond acceptors (Lipinski definition) is 11.